The Bertz CT molecular complexity index is 500. The third-order valence-electron chi connectivity index (χ3n) is 2.29. The summed E-state index contributed by atoms with van der Waals surface area (Å²) in [4.78, 5) is 7.29. The van der Waals surface area contributed by atoms with Gasteiger partial charge in [-0.1, -0.05) is 28.1 Å². The summed E-state index contributed by atoms with van der Waals surface area (Å²) in [6, 6.07) is 7.93. The number of aliphatic hydroxyl groups is 1. The van der Waals surface area contributed by atoms with Crippen LogP contribution in [0, 0.1) is 0 Å². The molecule has 4 heteroatoms. The second-order valence-corrected chi connectivity index (χ2v) is 5.13. The van der Waals surface area contributed by atoms with E-state index in [0.717, 1.165) is 15.7 Å². The number of aromatic nitrogens is 2. The highest BCUT2D eigenvalue weighted by Gasteiger charge is 2.19. The second-order valence-electron chi connectivity index (χ2n) is 4.21. The number of H-pyrrole nitrogens is 1. The van der Waals surface area contributed by atoms with Gasteiger partial charge in [0.2, 0.25) is 0 Å². The van der Waals surface area contributed by atoms with Crippen LogP contribution in [0.5, 0.6) is 0 Å². The van der Waals surface area contributed by atoms with Gasteiger partial charge in [-0.15, -0.1) is 0 Å². The van der Waals surface area contributed by atoms with E-state index in [0.29, 0.717) is 5.82 Å². The highest BCUT2D eigenvalue weighted by Crippen LogP contribution is 2.24. The average molecular weight is 281 g/mol. The van der Waals surface area contributed by atoms with Gasteiger partial charge < -0.3 is 10.1 Å². The molecule has 2 rings (SSSR count). The first-order chi connectivity index (χ1) is 7.47. The summed E-state index contributed by atoms with van der Waals surface area (Å²) < 4.78 is 1.02. The quantitative estimate of drug-likeness (QED) is 0.888. The zero-order valence-electron chi connectivity index (χ0n) is 9.16. The Morgan fingerprint density at radius 3 is 2.69 bits per heavy atom. The molecule has 0 aliphatic heterocycles. The van der Waals surface area contributed by atoms with E-state index in [1.807, 2.05) is 24.3 Å². The molecule has 16 heavy (non-hydrogen) atoms. The maximum atomic E-state index is 9.80. The number of halogens is 1. The van der Waals surface area contributed by atoms with Crippen molar-refractivity contribution in [2.45, 2.75) is 19.4 Å². The number of nitrogens with one attached hydrogen (secondary N) is 1. The van der Waals surface area contributed by atoms with Gasteiger partial charge in [0.25, 0.3) is 0 Å². The van der Waals surface area contributed by atoms with Crippen LogP contribution in [0.4, 0.5) is 0 Å². The van der Waals surface area contributed by atoms with Crippen LogP contribution in [0.15, 0.2) is 34.9 Å². The summed E-state index contributed by atoms with van der Waals surface area (Å²) in [6.07, 6.45) is 1.73. The highest BCUT2D eigenvalue weighted by atomic mass is 79.9. The van der Waals surface area contributed by atoms with Crippen LogP contribution in [0.25, 0.3) is 11.3 Å². The number of benzene rings is 1. The SMILES string of the molecule is CC(C)(O)c1ncc(-c2cccc(Br)c2)[nH]1. The molecule has 84 valence electrons. The topological polar surface area (TPSA) is 48.9 Å². The van der Waals surface area contributed by atoms with Crippen molar-refractivity contribution < 1.29 is 5.11 Å². The molecule has 0 bridgehead atoms. The first-order valence-electron chi connectivity index (χ1n) is 5.00. The molecule has 0 unspecified atom stereocenters. The molecule has 2 aromatic rings. The third-order valence-corrected chi connectivity index (χ3v) is 2.78. The number of hydrogen-bond donors (Lipinski definition) is 2. The van der Waals surface area contributed by atoms with Gasteiger partial charge in [0.05, 0.1) is 11.9 Å². The Balaban J connectivity index is 2.39. The summed E-state index contributed by atoms with van der Waals surface area (Å²) in [5.74, 6) is 0.572. The number of aromatic amines is 1. The van der Waals surface area contributed by atoms with Crippen LogP contribution in [-0.4, -0.2) is 15.1 Å². The van der Waals surface area contributed by atoms with Crippen molar-refractivity contribution in [3.8, 4) is 11.3 Å². The van der Waals surface area contributed by atoms with Crippen molar-refractivity contribution in [1.82, 2.24) is 9.97 Å². The number of imidazole rings is 1. The molecular weight excluding hydrogens is 268 g/mol. The maximum Gasteiger partial charge on any atom is 0.138 e. The number of rotatable bonds is 2. The minimum absolute atomic E-state index is 0.572. The lowest BCUT2D eigenvalue weighted by atomic mass is 10.1. The molecule has 0 fully saturated rings. The predicted molar refractivity (Wildman–Crippen MR) is 67.0 cm³/mol. The van der Waals surface area contributed by atoms with Gasteiger partial charge in [-0.25, -0.2) is 4.98 Å². The monoisotopic (exact) mass is 280 g/mol. The van der Waals surface area contributed by atoms with Gasteiger partial charge in [-0.2, -0.15) is 0 Å². The van der Waals surface area contributed by atoms with E-state index < -0.39 is 5.60 Å². The van der Waals surface area contributed by atoms with E-state index in [-0.39, 0.29) is 0 Å². The van der Waals surface area contributed by atoms with E-state index in [4.69, 9.17) is 0 Å². The minimum Gasteiger partial charge on any atom is -0.383 e. The molecular formula is C12H13BrN2O. The first-order valence-corrected chi connectivity index (χ1v) is 5.80. The molecule has 0 spiro atoms. The van der Waals surface area contributed by atoms with Crippen molar-refractivity contribution in [1.29, 1.82) is 0 Å². The Hall–Kier alpha value is -1.13. The summed E-state index contributed by atoms with van der Waals surface area (Å²) in [5.41, 5.74) is 1.00. The van der Waals surface area contributed by atoms with Crippen LogP contribution in [0.2, 0.25) is 0 Å². The van der Waals surface area contributed by atoms with Crippen molar-refractivity contribution in [2.24, 2.45) is 0 Å². The lowest BCUT2D eigenvalue weighted by Gasteiger charge is -2.12. The Kier molecular flexibility index (Phi) is 2.86. The zero-order valence-corrected chi connectivity index (χ0v) is 10.7. The smallest absolute Gasteiger partial charge is 0.138 e. The van der Waals surface area contributed by atoms with Gasteiger partial charge in [0.15, 0.2) is 0 Å². The summed E-state index contributed by atoms with van der Waals surface area (Å²) in [6.45, 7) is 3.41. The zero-order chi connectivity index (χ0) is 11.8. The highest BCUT2D eigenvalue weighted by molar-refractivity contribution is 9.10. The fraction of sp³-hybridized carbons (Fsp3) is 0.250. The molecule has 0 saturated heterocycles. The summed E-state index contributed by atoms with van der Waals surface area (Å²) in [5, 5.41) is 9.80. The molecule has 2 N–H and O–H groups in total. The predicted octanol–water partition coefficient (Wildman–Crippen LogP) is 3.07. The average Bonchev–Trinajstić information content (AvgIpc) is 2.65. The minimum atomic E-state index is -0.940. The molecule has 3 nitrogen and oxygen atoms in total. The van der Waals surface area contributed by atoms with Gasteiger partial charge in [-0.05, 0) is 26.0 Å². The fourth-order valence-corrected chi connectivity index (χ4v) is 1.83. The molecule has 0 aliphatic carbocycles. The van der Waals surface area contributed by atoms with Crippen molar-refractivity contribution in [2.75, 3.05) is 0 Å². The molecule has 0 atom stereocenters. The standard InChI is InChI=1S/C12H13BrN2O/c1-12(2,16)11-14-7-10(15-11)8-4-3-5-9(13)6-8/h3-7,16H,1-2H3,(H,14,15). The van der Waals surface area contributed by atoms with Crippen molar-refractivity contribution >= 4 is 15.9 Å². The van der Waals surface area contributed by atoms with E-state index in [2.05, 4.69) is 25.9 Å². The van der Waals surface area contributed by atoms with Crippen LogP contribution < -0.4 is 0 Å². The van der Waals surface area contributed by atoms with Crippen molar-refractivity contribution in [3.05, 3.63) is 40.8 Å². The molecule has 0 saturated carbocycles. The maximum absolute atomic E-state index is 9.80. The van der Waals surface area contributed by atoms with Gasteiger partial charge in [0, 0.05) is 10.0 Å². The van der Waals surface area contributed by atoms with Crippen LogP contribution >= 0.6 is 15.9 Å². The van der Waals surface area contributed by atoms with E-state index in [9.17, 15) is 5.11 Å². The van der Waals surface area contributed by atoms with E-state index >= 15 is 0 Å². The molecule has 0 radical (unpaired) electrons. The molecule has 0 aliphatic rings. The van der Waals surface area contributed by atoms with Crippen LogP contribution in [0.1, 0.15) is 19.7 Å². The largest absolute Gasteiger partial charge is 0.383 e. The molecule has 1 aromatic carbocycles. The molecule has 0 amide bonds. The van der Waals surface area contributed by atoms with Crippen LogP contribution in [0.3, 0.4) is 0 Å². The second kappa shape index (κ2) is 4.03. The summed E-state index contributed by atoms with van der Waals surface area (Å²) in [7, 11) is 0. The Morgan fingerprint density at radius 1 is 1.38 bits per heavy atom. The van der Waals surface area contributed by atoms with Crippen molar-refractivity contribution in [3.63, 3.8) is 0 Å². The Labute approximate surface area is 103 Å². The van der Waals surface area contributed by atoms with Gasteiger partial charge >= 0.3 is 0 Å². The lowest BCUT2D eigenvalue weighted by molar-refractivity contribution is 0.0697. The third kappa shape index (κ3) is 2.33. The van der Waals surface area contributed by atoms with E-state index in [1.165, 1.54) is 0 Å². The van der Waals surface area contributed by atoms with E-state index in [1.54, 1.807) is 20.0 Å². The Morgan fingerprint density at radius 2 is 2.12 bits per heavy atom. The summed E-state index contributed by atoms with van der Waals surface area (Å²) >= 11 is 3.42. The van der Waals surface area contributed by atoms with Crippen LogP contribution in [-0.2, 0) is 5.60 Å². The van der Waals surface area contributed by atoms with Gasteiger partial charge in [-0.3, -0.25) is 0 Å². The van der Waals surface area contributed by atoms with Gasteiger partial charge in [0.1, 0.15) is 11.4 Å². The normalized spacial score (nSPS) is 11.8. The first kappa shape index (κ1) is 11.4. The lowest BCUT2D eigenvalue weighted by Crippen LogP contribution is -2.17. The fourth-order valence-electron chi connectivity index (χ4n) is 1.43. The molecule has 1 heterocycles. The number of hydrogen-bond acceptors (Lipinski definition) is 2. The number of nitrogens with zero attached hydrogens (tertiary/aromatic N) is 1. The molecule has 1 aromatic heterocycles.